The van der Waals surface area contributed by atoms with Gasteiger partial charge >= 0.3 is 0 Å². The van der Waals surface area contributed by atoms with Crippen LogP contribution in [0.25, 0.3) is 0 Å². The lowest BCUT2D eigenvalue weighted by atomic mass is 10.0. The molecule has 1 atom stereocenters. The number of nitrogens with zero attached hydrogens (tertiary/aromatic N) is 2. The van der Waals surface area contributed by atoms with Crippen LogP contribution in [0.5, 0.6) is 0 Å². The Hall–Kier alpha value is -2.47. The van der Waals surface area contributed by atoms with Gasteiger partial charge in [0, 0.05) is 26.3 Å². The van der Waals surface area contributed by atoms with E-state index in [9.17, 15) is 5.11 Å². The summed E-state index contributed by atoms with van der Waals surface area (Å²) in [4.78, 5) is 6.69. The van der Waals surface area contributed by atoms with E-state index in [-0.39, 0.29) is 0 Å². The van der Waals surface area contributed by atoms with Crippen LogP contribution < -0.4 is 15.5 Å². The standard InChI is InChI=1S/C20H30N4O2/c1-6-21-19(22-13-16-8-7-9-17(12-16)24(4)5)23-14-20(3,25)18-11-10-15(2)26-18/h7-12,25H,6,13-14H2,1-5H3,(H2,21,22,23). The van der Waals surface area contributed by atoms with Crippen molar-refractivity contribution in [2.45, 2.75) is 32.9 Å². The Balaban J connectivity index is 2.03. The minimum absolute atomic E-state index is 0.295. The molecule has 26 heavy (non-hydrogen) atoms. The molecular formula is C20H30N4O2. The smallest absolute Gasteiger partial charge is 0.191 e. The molecule has 1 heterocycles. The van der Waals surface area contributed by atoms with Crippen molar-refractivity contribution in [3.63, 3.8) is 0 Å². The van der Waals surface area contributed by atoms with Crippen molar-refractivity contribution in [2.24, 2.45) is 4.99 Å². The first-order valence-corrected chi connectivity index (χ1v) is 8.89. The Bertz CT molecular complexity index is 735. The minimum atomic E-state index is -1.12. The summed E-state index contributed by atoms with van der Waals surface area (Å²) in [6.45, 7) is 7.19. The number of guanidine groups is 1. The first kappa shape index (κ1) is 19.8. The first-order valence-electron chi connectivity index (χ1n) is 8.89. The molecule has 0 fully saturated rings. The average Bonchev–Trinajstić information content (AvgIpc) is 3.05. The van der Waals surface area contributed by atoms with Crippen molar-refractivity contribution in [3.05, 3.63) is 53.5 Å². The van der Waals surface area contributed by atoms with Gasteiger partial charge < -0.3 is 25.1 Å². The normalized spacial score (nSPS) is 14.0. The SMILES string of the molecule is CCNC(=NCc1cccc(N(C)C)c1)NCC(C)(O)c1ccc(C)o1. The number of nitrogens with one attached hydrogen (secondary N) is 2. The number of benzene rings is 1. The van der Waals surface area contributed by atoms with Crippen LogP contribution in [-0.4, -0.2) is 38.3 Å². The van der Waals surface area contributed by atoms with Crippen molar-refractivity contribution >= 4 is 11.6 Å². The predicted octanol–water partition coefficient (Wildman–Crippen LogP) is 2.62. The van der Waals surface area contributed by atoms with Gasteiger partial charge in [0.2, 0.25) is 0 Å². The third-order valence-corrected chi connectivity index (χ3v) is 4.06. The van der Waals surface area contributed by atoms with E-state index in [4.69, 9.17) is 4.42 Å². The number of aryl methyl sites for hydroxylation is 1. The van der Waals surface area contributed by atoms with Crippen LogP contribution in [-0.2, 0) is 12.1 Å². The van der Waals surface area contributed by atoms with Gasteiger partial charge in [-0.05, 0) is 50.6 Å². The molecule has 0 aliphatic carbocycles. The van der Waals surface area contributed by atoms with Gasteiger partial charge in [0.1, 0.15) is 17.1 Å². The van der Waals surface area contributed by atoms with Crippen LogP contribution in [0.1, 0.15) is 30.9 Å². The highest BCUT2D eigenvalue weighted by Gasteiger charge is 2.27. The molecular weight excluding hydrogens is 328 g/mol. The highest BCUT2D eigenvalue weighted by Crippen LogP contribution is 2.21. The van der Waals surface area contributed by atoms with Gasteiger partial charge in [-0.3, -0.25) is 0 Å². The molecule has 6 nitrogen and oxygen atoms in total. The summed E-state index contributed by atoms with van der Waals surface area (Å²) in [5, 5.41) is 17.1. The second kappa shape index (κ2) is 8.76. The Morgan fingerprint density at radius 3 is 2.62 bits per heavy atom. The van der Waals surface area contributed by atoms with E-state index in [1.165, 1.54) is 0 Å². The van der Waals surface area contributed by atoms with Crippen molar-refractivity contribution in [1.82, 2.24) is 10.6 Å². The van der Waals surface area contributed by atoms with E-state index in [0.717, 1.165) is 23.6 Å². The molecule has 0 saturated heterocycles. The third kappa shape index (κ3) is 5.52. The van der Waals surface area contributed by atoms with Crippen LogP contribution in [0, 0.1) is 6.92 Å². The average molecular weight is 358 g/mol. The molecule has 0 aliphatic heterocycles. The van der Waals surface area contributed by atoms with E-state index in [0.29, 0.717) is 24.8 Å². The molecule has 1 aromatic carbocycles. The quantitative estimate of drug-likeness (QED) is 0.524. The van der Waals surface area contributed by atoms with Crippen LogP contribution in [0.4, 0.5) is 5.69 Å². The molecule has 0 spiro atoms. The second-order valence-corrected chi connectivity index (χ2v) is 6.80. The highest BCUT2D eigenvalue weighted by atomic mass is 16.4. The maximum absolute atomic E-state index is 10.7. The zero-order chi connectivity index (χ0) is 19.2. The molecule has 0 bridgehead atoms. The molecule has 2 aromatic rings. The van der Waals surface area contributed by atoms with Gasteiger partial charge in [0.15, 0.2) is 5.96 Å². The van der Waals surface area contributed by atoms with Crippen LogP contribution in [0.3, 0.4) is 0 Å². The Kier molecular flexibility index (Phi) is 6.69. The lowest BCUT2D eigenvalue weighted by Gasteiger charge is -2.23. The summed E-state index contributed by atoms with van der Waals surface area (Å²) < 4.78 is 5.55. The van der Waals surface area contributed by atoms with E-state index < -0.39 is 5.60 Å². The molecule has 1 aromatic heterocycles. The van der Waals surface area contributed by atoms with Gasteiger partial charge in [0.05, 0.1) is 13.1 Å². The summed E-state index contributed by atoms with van der Waals surface area (Å²) >= 11 is 0. The van der Waals surface area contributed by atoms with Gasteiger partial charge in [-0.2, -0.15) is 0 Å². The largest absolute Gasteiger partial charge is 0.463 e. The number of anilines is 1. The Labute approximate surface area is 155 Å². The highest BCUT2D eigenvalue weighted by molar-refractivity contribution is 5.79. The zero-order valence-electron chi connectivity index (χ0n) is 16.3. The lowest BCUT2D eigenvalue weighted by molar-refractivity contribution is 0.0378. The topological polar surface area (TPSA) is 73.0 Å². The van der Waals surface area contributed by atoms with Crippen molar-refractivity contribution < 1.29 is 9.52 Å². The van der Waals surface area contributed by atoms with Crippen molar-refractivity contribution in [3.8, 4) is 0 Å². The maximum atomic E-state index is 10.7. The fraction of sp³-hybridized carbons (Fsp3) is 0.450. The lowest BCUT2D eigenvalue weighted by Crippen LogP contribution is -2.44. The molecule has 142 valence electrons. The number of hydrogen-bond donors (Lipinski definition) is 3. The minimum Gasteiger partial charge on any atom is -0.463 e. The van der Waals surface area contributed by atoms with Crippen molar-refractivity contribution in [2.75, 3.05) is 32.1 Å². The number of furan rings is 1. The number of hydrogen-bond acceptors (Lipinski definition) is 4. The monoisotopic (exact) mass is 358 g/mol. The zero-order valence-corrected chi connectivity index (χ0v) is 16.3. The third-order valence-electron chi connectivity index (χ3n) is 4.06. The Morgan fingerprint density at radius 2 is 2.00 bits per heavy atom. The van der Waals surface area contributed by atoms with Gasteiger partial charge in [-0.15, -0.1) is 0 Å². The molecule has 0 amide bonds. The summed E-state index contributed by atoms with van der Waals surface area (Å²) in [7, 11) is 4.04. The fourth-order valence-electron chi connectivity index (χ4n) is 2.51. The van der Waals surface area contributed by atoms with Crippen molar-refractivity contribution in [1.29, 1.82) is 0 Å². The molecule has 3 N–H and O–H groups in total. The second-order valence-electron chi connectivity index (χ2n) is 6.80. The van der Waals surface area contributed by atoms with E-state index in [1.807, 2.05) is 40.1 Å². The molecule has 2 rings (SSSR count). The number of aliphatic hydroxyl groups is 1. The number of rotatable bonds is 7. The first-order chi connectivity index (χ1) is 12.3. The molecule has 6 heteroatoms. The number of aliphatic imine (C=N–C) groups is 1. The molecule has 0 radical (unpaired) electrons. The summed E-state index contributed by atoms with van der Waals surface area (Å²) in [6.07, 6.45) is 0. The van der Waals surface area contributed by atoms with Crippen LogP contribution >= 0.6 is 0 Å². The van der Waals surface area contributed by atoms with E-state index in [2.05, 4.69) is 38.7 Å². The van der Waals surface area contributed by atoms with Gasteiger partial charge in [-0.1, -0.05) is 12.1 Å². The molecule has 1 unspecified atom stereocenters. The van der Waals surface area contributed by atoms with E-state index in [1.54, 1.807) is 13.0 Å². The van der Waals surface area contributed by atoms with Crippen LogP contribution in [0.2, 0.25) is 0 Å². The Morgan fingerprint density at radius 1 is 1.23 bits per heavy atom. The van der Waals surface area contributed by atoms with Crippen LogP contribution in [0.15, 0.2) is 45.8 Å². The van der Waals surface area contributed by atoms with Gasteiger partial charge in [0.25, 0.3) is 0 Å². The maximum Gasteiger partial charge on any atom is 0.191 e. The predicted molar refractivity (Wildman–Crippen MR) is 107 cm³/mol. The van der Waals surface area contributed by atoms with Gasteiger partial charge in [-0.25, -0.2) is 4.99 Å². The summed E-state index contributed by atoms with van der Waals surface area (Å²) in [5.41, 5.74) is 1.16. The summed E-state index contributed by atoms with van der Waals surface area (Å²) in [6, 6.07) is 11.9. The summed E-state index contributed by atoms with van der Waals surface area (Å²) in [5.74, 6) is 1.98. The molecule has 0 saturated carbocycles. The fourth-order valence-corrected chi connectivity index (χ4v) is 2.51. The molecule has 0 aliphatic rings. The van der Waals surface area contributed by atoms with E-state index >= 15 is 0 Å².